The first-order valence-corrected chi connectivity index (χ1v) is 7.97. The second kappa shape index (κ2) is 8.55. The summed E-state index contributed by atoms with van der Waals surface area (Å²) in [6.45, 7) is 2.74. The topological polar surface area (TPSA) is 55.1 Å². The molecule has 1 aliphatic carbocycles. The standard InChI is InChI=1S/C15H22N2OS.ClH/c1-2-19-13-7-4-6-12(9-13)17-15(18)14-8-3-5-11(14)10-16;/h4,6-7,9,11,14H,2-3,5,8,10,16H2,1H3,(H,17,18);1H/t11-,14-;/m1./s1. The first-order valence-electron chi connectivity index (χ1n) is 6.98. The van der Waals surface area contributed by atoms with Crippen molar-refractivity contribution in [2.75, 3.05) is 17.6 Å². The molecule has 0 unspecified atom stereocenters. The van der Waals surface area contributed by atoms with Crippen molar-refractivity contribution < 1.29 is 4.79 Å². The van der Waals surface area contributed by atoms with E-state index >= 15 is 0 Å². The van der Waals surface area contributed by atoms with Crippen LogP contribution in [-0.2, 0) is 4.79 Å². The third-order valence-corrected chi connectivity index (χ3v) is 4.59. The number of hydrogen-bond donors (Lipinski definition) is 2. The molecule has 1 aromatic rings. The highest BCUT2D eigenvalue weighted by molar-refractivity contribution is 7.99. The number of nitrogens with two attached hydrogens (primary N) is 1. The van der Waals surface area contributed by atoms with Crippen LogP contribution >= 0.6 is 24.2 Å². The minimum atomic E-state index is 0. The molecule has 0 saturated heterocycles. The second-order valence-electron chi connectivity index (χ2n) is 4.98. The van der Waals surface area contributed by atoms with Crippen molar-refractivity contribution in [3.63, 3.8) is 0 Å². The number of carbonyl (C=O) groups excluding carboxylic acids is 1. The Hall–Kier alpha value is -0.710. The fourth-order valence-corrected chi connectivity index (χ4v) is 3.45. The van der Waals surface area contributed by atoms with Crippen LogP contribution in [0.25, 0.3) is 0 Å². The van der Waals surface area contributed by atoms with Crippen molar-refractivity contribution >= 4 is 35.8 Å². The summed E-state index contributed by atoms with van der Waals surface area (Å²) in [5, 5.41) is 3.04. The first-order chi connectivity index (χ1) is 9.24. The maximum Gasteiger partial charge on any atom is 0.227 e. The van der Waals surface area contributed by atoms with E-state index in [2.05, 4.69) is 18.3 Å². The number of rotatable bonds is 5. The van der Waals surface area contributed by atoms with Gasteiger partial charge in [0, 0.05) is 16.5 Å². The molecule has 0 radical (unpaired) electrons. The van der Waals surface area contributed by atoms with E-state index < -0.39 is 0 Å². The Balaban J connectivity index is 0.00000200. The van der Waals surface area contributed by atoms with E-state index in [1.165, 1.54) is 4.90 Å². The Bertz CT molecular complexity index is 442. The predicted octanol–water partition coefficient (Wildman–Crippen LogP) is 3.53. The minimum Gasteiger partial charge on any atom is -0.330 e. The van der Waals surface area contributed by atoms with Gasteiger partial charge < -0.3 is 11.1 Å². The van der Waals surface area contributed by atoms with Gasteiger partial charge in [-0.25, -0.2) is 0 Å². The quantitative estimate of drug-likeness (QED) is 0.817. The Morgan fingerprint density at radius 1 is 1.45 bits per heavy atom. The summed E-state index contributed by atoms with van der Waals surface area (Å²) >= 11 is 1.78. The molecule has 3 nitrogen and oxygen atoms in total. The lowest BCUT2D eigenvalue weighted by atomic mass is 9.95. The van der Waals surface area contributed by atoms with Gasteiger partial charge in [0.1, 0.15) is 0 Å². The monoisotopic (exact) mass is 314 g/mol. The van der Waals surface area contributed by atoms with Gasteiger partial charge in [-0.15, -0.1) is 24.2 Å². The Labute approximate surface area is 131 Å². The number of carbonyl (C=O) groups is 1. The molecule has 0 spiro atoms. The number of anilines is 1. The summed E-state index contributed by atoms with van der Waals surface area (Å²) < 4.78 is 0. The van der Waals surface area contributed by atoms with E-state index in [-0.39, 0.29) is 24.2 Å². The maximum atomic E-state index is 12.3. The molecular formula is C15H23ClN2OS. The van der Waals surface area contributed by atoms with Crippen LogP contribution in [0.1, 0.15) is 26.2 Å². The van der Waals surface area contributed by atoms with Crippen LogP contribution in [0.4, 0.5) is 5.69 Å². The molecule has 1 amide bonds. The number of nitrogens with one attached hydrogen (secondary N) is 1. The number of hydrogen-bond acceptors (Lipinski definition) is 3. The molecular weight excluding hydrogens is 292 g/mol. The van der Waals surface area contributed by atoms with Crippen LogP contribution in [-0.4, -0.2) is 18.2 Å². The molecule has 5 heteroatoms. The van der Waals surface area contributed by atoms with E-state index in [1.807, 2.05) is 18.2 Å². The van der Waals surface area contributed by atoms with Crippen molar-refractivity contribution in [2.24, 2.45) is 17.6 Å². The third-order valence-electron chi connectivity index (χ3n) is 3.71. The molecule has 0 aromatic heterocycles. The Kier molecular flexibility index (Phi) is 7.41. The maximum absolute atomic E-state index is 12.3. The zero-order valence-electron chi connectivity index (χ0n) is 11.8. The highest BCUT2D eigenvalue weighted by Gasteiger charge is 2.31. The Morgan fingerprint density at radius 2 is 2.25 bits per heavy atom. The third kappa shape index (κ3) is 4.40. The van der Waals surface area contributed by atoms with Crippen LogP contribution in [0.2, 0.25) is 0 Å². The fourth-order valence-electron chi connectivity index (χ4n) is 2.73. The highest BCUT2D eigenvalue weighted by Crippen LogP contribution is 2.32. The van der Waals surface area contributed by atoms with E-state index in [1.54, 1.807) is 11.8 Å². The molecule has 2 atom stereocenters. The minimum absolute atomic E-state index is 0. The van der Waals surface area contributed by atoms with Gasteiger partial charge in [0.2, 0.25) is 5.91 Å². The summed E-state index contributed by atoms with van der Waals surface area (Å²) in [5.74, 6) is 1.61. The van der Waals surface area contributed by atoms with E-state index in [9.17, 15) is 4.79 Å². The summed E-state index contributed by atoms with van der Waals surface area (Å²) in [6, 6.07) is 8.05. The molecule has 20 heavy (non-hydrogen) atoms. The lowest BCUT2D eigenvalue weighted by molar-refractivity contribution is -0.120. The zero-order valence-corrected chi connectivity index (χ0v) is 13.4. The summed E-state index contributed by atoms with van der Waals surface area (Å²) in [7, 11) is 0. The number of thioether (sulfide) groups is 1. The van der Waals surface area contributed by atoms with Crippen LogP contribution in [0.5, 0.6) is 0 Å². The van der Waals surface area contributed by atoms with Gasteiger partial charge in [-0.1, -0.05) is 19.4 Å². The average molecular weight is 315 g/mol. The van der Waals surface area contributed by atoms with E-state index in [4.69, 9.17) is 5.73 Å². The largest absolute Gasteiger partial charge is 0.330 e. The molecule has 1 saturated carbocycles. The molecule has 0 bridgehead atoms. The molecule has 1 aromatic carbocycles. The van der Waals surface area contributed by atoms with Crippen LogP contribution in [0, 0.1) is 11.8 Å². The summed E-state index contributed by atoms with van der Waals surface area (Å²) in [5.41, 5.74) is 6.63. The van der Waals surface area contributed by atoms with E-state index in [0.717, 1.165) is 30.7 Å². The fraction of sp³-hybridized carbons (Fsp3) is 0.533. The first kappa shape index (κ1) is 17.3. The second-order valence-corrected chi connectivity index (χ2v) is 6.32. The SMILES string of the molecule is CCSc1cccc(NC(=O)[C@@H]2CCC[C@@H]2CN)c1.Cl. The molecule has 1 aliphatic rings. The van der Waals surface area contributed by atoms with Gasteiger partial charge in [-0.05, 0) is 49.3 Å². The summed E-state index contributed by atoms with van der Waals surface area (Å²) in [4.78, 5) is 13.5. The Morgan fingerprint density at radius 3 is 2.95 bits per heavy atom. The van der Waals surface area contributed by atoms with Crippen molar-refractivity contribution in [2.45, 2.75) is 31.1 Å². The molecule has 1 fully saturated rings. The van der Waals surface area contributed by atoms with Gasteiger partial charge in [-0.2, -0.15) is 0 Å². The smallest absolute Gasteiger partial charge is 0.227 e. The van der Waals surface area contributed by atoms with Crippen molar-refractivity contribution in [3.05, 3.63) is 24.3 Å². The predicted molar refractivity (Wildman–Crippen MR) is 88.6 cm³/mol. The van der Waals surface area contributed by atoms with Crippen LogP contribution < -0.4 is 11.1 Å². The van der Waals surface area contributed by atoms with Crippen LogP contribution in [0.3, 0.4) is 0 Å². The lowest BCUT2D eigenvalue weighted by Gasteiger charge is -2.17. The molecule has 3 N–H and O–H groups in total. The molecule has 112 valence electrons. The number of amides is 1. The summed E-state index contributed by atoms with van der Waals surface area (Å²) in [6.07, 6.45) is 3.17. The highest BCUT2D eigenvalue weighted by atomic mass is 35.5. The van der Waals surface area contributed by atoms with Crippen molar-refractivity contribution in [1.82, 2.24) is 0 Å². The van der Waals surface area contributed by atoms with Gasteiger partial charge in [0.15, 0.2) is 0 Å². The van der Waals surface area contributed by atoms with E-state index in [0.29, 0.717) is 12.5 Å². The van der Waals surface area contributed by atoms with Crippen molar-refractivity contribution in [3.8, 4) is 0 Å². The van der Waals surface area contributed by atoms with Crippen LogP contribution in [0.15, 0.2) is 29.2 Å². The normalized spacial score (nSPS) is 21.3. The number of halogens is 1. The van der Waals surface area contributed by atoms with Gasteiger partial charge in [-0.3, -0.25) is 4.79 Å². The lowest BCUT2D eigenvalue weighted by Crippen LogP contribution is -2.29. The van der Waals surface area contributed by atoms with Gasteiger partial charge >= 0.3 is 0 Å². The zero-order chi connectivity index (χ0) is 13.7. The molecule has 2 rings (SSSR count). The molecule has 0 aliphatic heterocycles. The number of benzene rings is 1. The average Bonchev–Trinajstić information content (AvgIpc) is 2.88. The van der Waals surface area contributed by atoms with Crippen molar-refractivity contribution in [1.29, 1.82) is 0 Å². The van der Waals surface area contributed by atoms with Gasteiger partial charge in [0.25, 0.3) is 0 Å². The molecule has 0 heterocycles. The van der Waals surface area contributed by atoms with Gasteiger partial charge in [0.05, 0.1) is 0 Å².